The molecule has 1 aromatic carbocycles. The molecule has 3 rings (SSSR count). The third-order valence-corrected chi connectivity index (χ3v) is 5.47. The van der Waals surface area contributed by atoms with Gasteiger partial charge in [-0.05, 0) is 44.7 Å². The summed E-state index contributed by atoms with van der Waals surface area (Å²) in [5, 5.41) is 6.20. The van der Waals surface area contributed by atoms with Crippen LogP contribution >= 0.6 is 0 Å². The zero-order valence-corrected chi connectivity index (χ0v) is 17.5. The Balaban J connectivity index is 1.74. The molecule has 0 saturated heterocycles. The molecule has 182 valence electrons. The van der Waals surface area contributed by atoms with E-state index in [1.54, 1.807) is 0 Å². The summed E-state index contributed by atoms with van der Waals surface area (Å²) in [6.45, 7) is -0.0329. The number of carbonyl (C=O) groups excluding carboxylic acids is 3. The van der Waals surface area contributed by atoms with Gasteiger partial charge in [-0.25, -0.2) is 4.39 Å². The second-order valence-electron chi connectivity index (χ2n) is 8.51. The molecular weight excluding hydrogens is 460 g/mol. The Morgan fingerprint density at radius 2 is 1.76 bits per heavy atom. The lowest BCUT2D eigenvalue weighted by Gasteiger charge is -2.29. The molecular formula is C20H21F6N3O4. The molecule has 13 heteroatoms. The molecule has 1 aliphatic heterocycles. The molecule has 1 saturated carbocycles. The first-order valence-electron chi connectivity index (χ1n) is 9.94. The summed E-state index contributed by atoms with van der Waals surface area (Å²) in [5.41, 5.74) is -2.07. The van der Waals surface area contributed by atoms with Crippen molar-refractivity contribution in [3.63, 3.8) is 0 Å². The lowest BCUT2D eigenvalue weighted by molar-refractivity contribution is -0.278. The standard InChI is InChI=1S/C20H21F6N3O4/c1-18(2,16(31)27-8-19(22,23)20(24,25)26)17(32)29-13-14(9-3-4-9)33-12-6-5-10(21)7-11(12)28-15(13)30/h5-7,9,13-14H,3-4,8H2,1-2H3,(H,27,31)(H,28,30)(H,29,32)/t13-,14+/m1/s1. The van der Waals surface area contributed by atoms with Gasteiger partial charge >= 0.3 is 12.1 Å². The van der Waals surface area contributed by atoms with Gasteiger partial charge in [-0.2, -0.15) is 22.0 Å². The Hall–Kier alpha value is -2.99. The van der Waals surface area contributed by atoms with Gasteiger partial charge in [0, 0.05) is 6.07 Å². The molecule has 33 heavy (non-hydrogen) atoms. The van der Waals surface area contributed by atoms with Crippen LogP contribution in [0.15, 0.2) is 18.2 Å². The molecule has 1 aromatic rings. The van der Waals surface area contributed by atoms with Crippen molar-refractivity contribution in [2.45, 2.75) is 50.9 Å². The van der Waals surface area contributed by atoms with Crippen LogP contribution in [0.25, 0.3) is 0 Å². The van der Waals surface area contributed by atoms with Crippen molar-refractivity contribution in [1.82, 2.24) is 10.6 Å². The fourth-order valence-corrected chi connectivity index (χ4v) is 3.16. The number of rotatable bonds is 6. The van der Waals surface area contributed by atoms with Gasteiger partial charge in [0.2, 0.25) is 11.8 Å². The molecule has 0 bridgehead atoms. The lowest BCUT2D eigenvalue weighted by Crippen LogP contribution is -2.58. The summed E-state index contributed by atoms with van der Waals surface area (Å²) in [6, 6.07) is 2.13. The van der Waals surface area contributed by atoms with E-state index in [1.807, 2.05) is 0 Å². The van der Waals surface area contributed by atoms with Crippen molar-refractivity contribution in [3.8, 4) is 5.75 Å². The number of benzene rings is 1. The number of alkyl halides is 5. The van der Waals surface area contributed by atoms with Crippen LogP contribution in [0, 0.1) is 17.2 Å². The second kappa shape index (κ2) is 8.41. The van der Waals surface area contributed by atoms with Gasteiger partial charge in [-0.1, -0.05) is 0 Å². The summed E-state index contributed by atoms with van der Waals surface area (Å²) in [6.07, 6.45) is -5.39. The van der Waals surface area contributed by atoms with E-state index in [1.165, 1.54) is 11.4 Å². The zero-order chi connectivity index (χ0) is 24.8. The average molecular weight is 481 g/mol. The number of fused-ring (bicyclic) bond motifs is 1. The third-order valence-electron chi connectivity index (χ3n) is 5.47. The topological polar surface area (TPSA) is 96.5 Å². The van der Waals surface area contributed by atoms with Gasteiger partial charge < -0.3 is 20.7 Å². The smallest absolute Gasteiger partial charge is 0.455 e. The highest BCUT2D eigenvalue weighted by molar-refractivity contribution is 6.07. The van der Waals surface area contributed by atoms with Gasteiger partial charge in [0.15, 0.2) is 0 Å². The van der Waals surface area contributed by atoms with Crippen molar-refractivity contribution < 1.29 is 45.5 Å². The van der Waals surface area contributed by atoms with Crippen LogP contribution in [0.2, 0.25) is 0 Å². The third kappa shape index (κ3) is 5.17. The van der Waals surface area contributed by atoms with Crippen LogP contribution in [-0.4, -0.2) is 48.5 Å². The van der Waals surface area contributed by atoms with Crippen molar-refractivity contribution in [1.29, 1.82) is 0 Å². The summed E-state index contributed by atoms with van der Waals surface area (Å²) in [7, 11) is 0. The largest absolute Gasteiger partial charge is 0.485 e. The highest BCUT2D eigenvalue weighted by Gasteiger charge is 2.58. The van der Waals surface area contributed by atoms with Crippen molar-refractivity contribution in [2.75, 3.05) is 11.9 Å². The normalized spacial score (nSPS) is 21.3. The van der Waals surface area contributed by atoms with E-state index >= 15 is 0 Å². The van der Waals surface area contributed by atoms with Gasteiger partial charge in [0.1, 0.15) is 29.1 Å². The number of ether oxygens (including phenoxy) is 1. The maximum absolute atomic E-state index is 13.6. The van der Waals surface area contributed by atoms with Crippen LogP contribution in [0.4, 0.5) is 32.0 Å². The molecule has 0 spiro atoms. The Bertz CT molecular complexity index is 962. The van der Waals surface area contributed by atoms with Crippen LogP contribution in [0.5, 0.6) is 5.75 Å². The molecule has 7 nitrogen and oxygen atoms in total. The van der Waals surface area contributed by atoms with Crippen LogP contribution < -0.4 is 20.7 Å². The molecule has 0 unspecified atom stereocenters. The van der Waals surface area contributed by atoms with Crippen molar-refractivity contribution >= 4 is 23.4 Å². The van der Waals surface area contributed by atoms with E-state index < -0.39 is 59.7 Å². The molecule has 3 amide bonds. The van der Waals surface area contributed by atoms with E-state index in [4.69, 9.17) is 4.74 Å². The summed E-state index contributed by atoms with van der Waals surface area (Å²) < 4.78 is 82.6. The van der Waals surface area contributed by atoms with Crippen LogP contribution in [0.1, 0.15) is 26.7 Å². The van der Waals surface area contributed by atoms with Gasteiger partial charge in [0.25, 0.3) is 5.91 Å². The maximum Gasteiger partial charge on any atom is 0.455 e. The van der Waals surface area contributed by atoms with Crippen LogP contribution in [-0.2, 0) is 14.4 Å². The predicted molar refractivity (Wildman–Crippen MR) is 102 cm³/mol. The predicted octanol–water partition coefficient (Wildman–Crippen LogP) is 2.76. The van der Waals surface area contributed by atoms with Gasteiger partial charge in [-0.3, -0.25) is 14.4 Å². The SMILES string of the molecule is CC(C)(C(=O)NCC(F)(F)C(F)(F)F)C(=O)N[C@H]1C(=O)Nc2cc(F)ccc2O[C@H]1C1CC1. The summed E-state index contributed by atoms with van der Waals surface area (Å²) in [4.78, 5) is 37.8. The van der Waals surface area contributed by atoms with E-state index in [0.717, 1.165) is 26.0 Å². The van der Waals surface area contributed by atoms with Gasteiger partial charge in [0.05, 0.1) is 12.2 Å². The Morgan fingerprint density at radius 1 is 1.12 bits per heavy atom. The molecule has 0 aromatic heterocycles. The van der Waals surface area contributed by atoms with Crippen molar-refractivity contribution in [3.05, 3.63) is 24.0 Å². The Kier molecular flexibility index (Phi) is 6.28. The second-order valence-corrected chi connectivity index (χ2v) is 8.51. The van der Waals surface area contributed by atoms with E-state index in [0.29, 0.717) is 12.8 Å². The number of nitrogens with one attached hydrogen (secondary N) is 3. The van der Waals surface area contributed by atoms with Gasteiger partial charge in [-0.15, -0.1) is 0 Å². The first-order valence-corrected chi connectivity index (χ1v) is 9.94. The van der Waals surface area contributed by atoms with E-state index in [-0.39, 0.29) is 17.4 Å². The highest BCUT2D eigenvalue weighted by atomic mass is 19.4. The fraction of sp³-hybridized carbons (Fsp3) is 0.550. The number of anilines is 1. The molecule has 3 N–H and O–H groups in total. The molecule has 1 aliphatic carbocycles. The quantitative estimate of drug-likeness (QED) is 0.430. The minimum Gasteiger partial charge on any atom is -0.485 e. The minimum atomic E-state index is -5.88. The average Bonchev–Trinajstić information content (AvgIpc) is 3.54. The monoisotopic (exact) mass is 481 g/mol. The number of hydrogen-bond acceptors (Lipinski definition) is 4. The molecule has 2 aliphatic rings. The number of halogens is 6. The first-order chi connectivity index (χ1) is 15.1. The highest BCUT2D eigenvalue weighted by Crippen LogP contribution is 2.40. The molecule has 2 atom stereocenters. The van der Waals surface area contributed by atoms with E-state index in [2.05, 4.69) is 10.6 Å². The number of amides is 3. The lowest BCUT2D eigenvalue weighted by atomic mass is 9.90. The Labute approximate surface area is 184 Å². The molecule has 1 fully saturated rings. The number of carbonyl (C=O) groups is 3. The zero-order valence-electron chi connectivity index (χ0n) is 17.5. The fourth-order valence-electron chi connectivity index (χ4n) is 3.16. The first kappa shape index (κ1) is 24.6. The van der Waals surface area contributed by atoms with Crippen LogP contribution in [0.3, 0.4) is 0 Å². The maximum atomic E-state index is 13.6. The molecule has 0 radical (unpaired) electrons. The van der Waals surface area contributed by atoms with E-state index in [9.17, 15) is 40.7 Å². The number of hydrogen-bond donors (Lipinski definition) is 3. The minimum absolute atomic E-state index is 0.0359. The van der Waals surface area contributed by atoms with Crippen molar-refractivity contribution in [2.24, 2.45) is 11.3 Å². The summed E-state index contributed by atoms with van der Waals surface area (Å²) >= 11 is 0. The summed E-state index contributed by atoms with van der Waals surface area (Å²) in [5.74, 6) is -9.04. The Morgan fingerprint density at radius 3 is 2.33 bits per heavy atom. The molecule has 1 heterocycles.